The monoisotopic (exact) mass is 320 g/mol. The summed E-state index contributed by atoms with van der Waals surface area (Å²) in [5, 5.41) is 2.57. The van der Waals surface area contributed by atoms with E-state index in [-0.39, 0.29) is 31.1 Å². The topological polar surface area (TPSA) is 67.9 Å². The number of benzene rings is 1. The van der Waals surface area contributed by atoms with E-state index in [9.17, 15) is 9.59 Å². The molecule has 1 saturated heterocycles. The summed E-state index contributed by atoms with van der Waals surface area (Å²) < 4.78 is 10.7. The van der Waals surface area contributed by atoms with E-state index in [1.807, 2.05) is 37.3 Å². The highest BCUT2D eigenvalue weighted by molar-refractivity contribution is 5.77. The van der Waals surface area contributed by atoms with Gasteiger partial charge in [0.25, 0.3) is 0 Å². The minimum Gasteiger partial charge on any atom is -0.450 e. The van der Waals surface area contributed by atoms with Gasteiger partial charge in [-0.2, -0.15) is 0 Å². The SMILES string of the molecule is CCOC(=O)NCCC(=O)N1CC(C)OC(c2ccccc2)C1. The summed E-state index contributed by atoms with van der Waals surface area (Å²) in [6.45, 7) is 5.41. The molecular formula is C17H24N2O4. The first kappa shape index (κ1) is 17.3. The van der Waals surface area contributed by atoms with Crippen molar-refractivity contribution in [2.24, 2.45) is 0 Å². The van der Waals surface area contributed by atoms with Crippen LogP contribution in [0.25, 0.3) is 0 Å². The summed E-state index contributed by atoms with van der Waals surface area (Å²) in [7, 11) is 0. The Balaban J connectivity index is 1.86. The zero-order chi connectivity index (χ0) is 16.7. The third-order valence-corrected chi connectivity index (χ3v) is 3.67. The molecule has 0 radical (unpaired) electrons. The Morgan fingerprint density at radius 2 is 2.04 bits per heavy atom. The van der Waals surface area contributed by atoms with E-state index in [0.717, 1.165) is 5.56 Å². The van der Waals surface area contributed by atoms with Crippen LogP contribution < -0.4 is 5.32 Å². The summed E-state index contributed by atoms with van der Waals surface area (Å²) in [6.07, 6.45) is -0.358. The fraction of sp³-hybridized carbons (Fsp3) is 0.529. The van der Waals surface area contributed by atoms with E-state index < -0.39 is 6.09 Å². The van der Waals surface area contributed by atoms with Crippen molar-refractivity contribution in [1.82, 2.24) is 10.2 Å². The average molecular weight is 320 g/mol. The second-order valence-corrected chi connectivity index (χ2v) is 5.54. The number of amides is 2. The van der Waals surface area contributed by atoms with Gasteiger partial charge in [0.2, 0.25) is 5.91 Å². The number of rotatable bonds is 5. The van der Waals surface area contributed by atoms with E-state index >= 15 is 0 Å². The maximum absolute atomic E-state index is 12.3. The summed E-state index contributed by atoms with van der Waals surface area (Å²) in [5.41, 5.74) is 1.07. The Labute approximate surface area is 136 Å². The maximum atomic E-state index is 12.3. The molecule has 1 aliphatic heterocycles. The molecule has 0 aromatic heterocycles. The van der Waals surface area contributed by atoms with Crippen LogP contribution in [0.2, 0.25) is 0 Å². The van der Waals surface area contributed by atoms with Gasteiger partial charge < -0.3 is 19.7 Å². The van der Waals surface area contributed by atoms with Crippen LogP contribution in [-0.2, 0) is 14.3 Å². The van der Waals surface area contributed by atoms with Gasteiger partial charge in [-0.1, -0.05) is 30.3 Å². The Bertz CT molecular complexity index is 521. The molecule has 0 bridgehead atoms. The molecule has 6 heteroatoms. The molecule has 0 aliphatic carbocycles. The van der Waals surface area contributed by atoms with Gasteiger partial charge in [0, 0.05) is 19.5 Å². The zero-order valence-electron chi connectivity index (χ0n) is 13.7. The number of nitrogens with one attached hydrogen (secondary N) is 1. The molecule has 0 saturated carbocycles. The largest absolute Gasteiger partial charge is 0.450 e. The highest BCUT2D eigenvalue weighted by Gasteiger charge is 2.29. The predicted octanol–water partition coefficient (Wildman–Crippen LogP) is 2.11. The number of hydrogen-bond donors (Lipinski definition) is 1. The van der Waals surface area contributed by atoms with Gasteiger partial charge in [-0.3, -0.25) is 4.79 Å². The van der Waals surface area contributed by atoms with Gasteiger partial charge in [-0.25, -0.2) is 4.79 Å². The number of nitrogens with zero attached hydrogens (tertiary/aromatic N) is 1. The second kappa shape index (κ2) is 8.53. The van der Waals surface area contributed by atoms with E-state index in [2.05, 4.69) is 5.32 Å². The fourth-order valence-electron chi connectivity index (χ4n) is 2.62. The molecule has 1 fully saturated rings. The minimum absolute atomic E-state index is 0.0119. The number of carbonyl (C=O) groups is 2. The first-order valence-corrected chi connectivity index (χ1v) is 7.99. The van der Waals surface area contributed by atoms with E-state index in [0.29, 0.717) is 19.7 Å². The summed E-state index contributed by atoms with van der Waals surface area (Å²) in [4.78, 5) is 25.4. The van der Waals surface area contributed by atoms with Crippen LogP contribution in [0, 0.1) is 0 Å². The van der Waals surface area contributed by atoms with Crippen molar-refractivity contribution >= 4 is 12.0 Å². The number of hydrogen-bond acceptors (Lipinski definition) is 4. The second-order valence-electron chi connectivity index (χ2n) is 5.54. The van der Waals surface area contributed by atoms with Crippen molar-refractivity contribution in [2.45, 2.75) is 32.5 Å². The number of morpholine rings is 1. The molecule has 2 unspecified atom stereocenters. The first-order chi connectivity index (χ1) is 11.1. The van der Waals surface area contributed by atoms with Crippen molar-refractivity contribution < 1.29 is 19.1 Å². The molecular weight excluding hydrogens is 296 g/mol. The molecule has 126 valence electrons. The Kier molecular flexibility index (Phi) is 6.40. The predicted molar refractivity (Wildman–Crippen MR) is 86.0 cm³/mol. The molecule has 1 aromatic rings. The molecule has 0 spiro atoms. The zero-order valence-corrected chi connectivity index (χ0v) is 13.7. The van der Waals surface area contributed by atoms with Crippen LogP contribution in [0.5, 0.6) is 0 Å². The lowest BCUT2D eigenvalue weighted by molar-refractivity contribution is -0.144. The lowest BCUT2D eigenvalue weighted by Crippen LogP contribution is -2.46. The average Bonchev–Trinajstić information content (AvgIpc) is 2.55. The van der Waals surface area contributed by atoms with Gasteiger partial charge in [0.15, 0.2) is 0 Å². The standard InChI is InChI=1S/C17H24N2O4/c1-3-22-17(21)18-10-9-16(20)19-11-13(2)23-15(12-19)14-7-5-4-6-8-14/h4-8,13,15H,3,9-12H2,1-2H3,(H,18,21). The molecule has 1 heterocycles. The highest BCUT2D eigenvalue weighted by Crippen LogP contribution is 2.25. The molecule has 1 aromatic carbocycles. The number of alkyl carbamates (subject to hydrolysis) is 1. The summed E-state index contributed by atoms with van der Waals surface area (Å²) >= 11 is 0. The molecule has 1 N–H and O–H groups in total. The van der Waals surface area contributed by atoms with Crippen LogP contribution in [0.15, 0.2) is 30.3 Å². The summed E-state index contributed by atoms with van der Waals surface area (Å²) in [5.74, 6) is 0.0119. The van der Waals surface area contributed by atoms with Gasteiger partial charge >= 0.3 is 6.09 Å². The van der Waals surface area contributed by atoms with Crippen molar-refractivity contribution in [1.29, 1.82) is 0 Å². The first-order valence-electron chi connectivity index (χ1n) is 7.99. The maximum Gasteiger partial charge on any atom is 0.407 e. The van der Waals surface area contributed by atoms with Gasteiger partial charge in [-0.05, 0) is 19.4 Å². The van der Waals surface area contributed by atoms with Gasteiger partial charge in [-0.15, -0.1) is 0 Å². The van der Waals surface area contributed by atoms with Crippen molar-refractivity contribution in [3.05, 3.63) is 35.9 Å². The smallest absolute Gasteiger partial charge is 0.407 e. The van der Waals surface area contributed by atoms with E-state index in [1.165, 1.54) is 0 Å². The third kappa shape index (κ3) is 5.25. The molecule has 1 aliphatic rings. The van der Waals surface area contributed by atoms with Crippen LogP contribution >= 0.6 is 0 Å². The van der Waals surface area contributed by atoms with Crippen LogP contribution in [0.4, 0.5) is 4.79 Å². The molecule has 2 rings (SSSR count). The van der Waals surface area contributed by atoms with Crippen LogP contribution in [-0.4, -0.2) is 49.2 Å². The molecule has 23 heavy (non-hydrogen) atoms. The van der Waals surface area contributed by atoms with Crippen LogP contribution in [0.1, 0.15) is 31.9 Å². The van der Waals surface area contributed by atoms with Crippen molar-refractivity contribution in [2.75, 3.05) is 26.2 Å². The quantitative estimate of drug-likeness (QED) is 0.902. The van der Waals surface area contributed by atoms with Crippen LogP contribution in [0.3, 0.4) is 0 Å². The Morgan fingerprint density at radius 3 is 2.74 bits per heavy atom. The Hall–Kier alpha value is -2.08. The van der Waals surface area contributed by atoms with Gasteiger partial charge in [0.05, 0.1) is 19.3 Å². The number of carbonyl (C=O) groups excluding carboxylic acids is 2. The van der Waals surface area contributed by atoms with Crippen molar-refractivity contribution in [3.63, 3.8) is 0 Å². The third-order valence-electron chi connectivity index (χ3n) is 3.67. The molecule has 6 nitrogen and oxygen atoms in total. The molecule has 2 amide bonds. The minimum atomic E-state index is -0.488. The van der Waals surface area contributed by atoms with E-state index in [4.69, 9.17) is 9.47 Å². The lowest BCUT2D eigenvalue weighted by Gasteiger charge is -2.37. The fourth-order valence-corrected chi connectivity index (χ4v) is 2.62. The normalized spacial score (nSPS) is 20.9. The van der Waals surface area contributed by atoms with Crippen molar-refractivity contribution in [3.8, 4) is 0 Å². The van der Waals surface area contributed by atoms with Gasteiger partial charge in [0.1, 0.15) is 6.10 Å². The number of ether oxygens (including phenoxy) is 2. The summed E-state index contributed by atoms with van der Waals surface area (Å²) in [6, 6.07) is 9.90. The Morgan fingerprint density at radius 1 is 1.30 bits per heavy atom. The highest BCUT2D eigenvalue weighted by atomic mass is 16.5. The van der Waals surface area contributed by atoms with E-state index in [1.54, 1.807) is 11.8 Å². The molecule has 2 atom stereocenters. The lowest BCUT2D eigenvalue weighted by atomic mass is 10.1.